The summed E-state index contributed by atoms with van der Waals surface area (Å²) >= 11 is 4.86. The zero-order chi connectivity index (χ0) is 15.2. The molecule has 0 saturated heterocycles. The molecule has 0 aliphatic heterocycles. The molecule has 0 spiro atoms. The van der Waals surface area contributed by atoms with Crippen LogP contribution in [0.25, 0.3) is 11.3 Å². The topological polar surface area (TPSA) is 92.7 Å². The lowest BCUT2D eigenvalue weighted by Crippen LogP contribution is -2.28. The summed E-state index contributed by atoms with van der Waals surface area (Å²) in [5.41, 5.74) is 3.24. The van der Waals surface area contributed by atoms with Gasteiger partial charge in [-0.3, -0.25) is 15.5 Å². The summed E-state index contributed by atoms with van der Waals surface area (Å²) in [6, 6.07) is 9.65. The van der Waals surface area contributed by atoms with Crippen LogP contribution < -0.4 is 10.7 Å². The molecule has 0 atom stereocenters. The van der Waals surface area contributed by atoms with Gasteiger partial charge in [0.2, 0.25) is 0 Å². The summed E-state index contributed by atoms with van der Waals surface area (Å²) in [7, 11) is 1.68. The molecule has 108 valence electrons. The second-order valence-electron chi connectivity index (χ2n) is 3.96. The second kappa shape index (κ2) is 6.62. The van der Waals surface area contributed by atoms with Crippen molar-refractivity contribution in [2.75, 3.05) is 7.05 Å². The van der Waals surface area contributed by atoms with Gasteiger partial charge in [0.05, 0.1) is 11.1 Å². The van der Waals surface area contributed by atoms with Gasteiger partial charge in [-0.2, -0.15) is 5.10 Å². The first kappa shape index (κ1) is 14.7. The Morgan fingerprint density at radius 1 is 1.43 bits per heavy atom. The number of hydrogen-bond donors (Lipinski definition) is 2. The fraction of sp³-hybridized carbons (Fsp3) is 0.0769. The SMILES string of the molecule is CNC(=S)N/N=C\c1ccc(-c2cccc([N+](=O)[O-])c2)o1. The Labute approximate surface area is 125 Å². The number of nitro groups is 1. The number of hydrogen-bond acceptors (Lipinski definition) is 5. The van der Waals surface area contributed by atoms with Gasteiger partial charge in [-0.25, -0.2) is 0 Å². The molecule has 1 aromatic carbocycles. The Hall–Kier alpha value is -2.74. The molecule has 0 unspecified atom stereocenters. The first-order chi connectivity index (χ1) is 10.1. The molecule has 0 amide bonds. The minimum Gasteiger partial charge on any atom is -0.455 e. The summed E-state index contributed by atoms with van der Waals surface area (Å²) in [6.45, 7) is 0. The molecule has 0 saturated carbocycles. The van der Waals surface area contributed by atoms with E-state index < -0.39 is 4.92 Å². The van der Waals surface area contributed by atoms with Crippen molar-refractivity contribution >= 4 is 29.2 Å². The highest BCUT2D eigenvalue weighted by Crippen LogP contribution is 2.25. The third-order valence-corrected chi connectivity index (χ3v) is 2.85. The highest BCUT2D eigenvalue weighted by atomic mass is 32.1. The first-order valence-corrected chi connectivity index (χ1v) is 6.36. The summed E-state index contributed by atoms with van der Waals surface area (Å²) in [5, 5.41) is 17.7. The van der Waals surface area contributed by atoms with E-state index in [1.165, 1.54) is 18.3 Å². The molecule has 7 nitrogen and oxygen atoms in total. The molecular formula is C13H12N4O3S. The zero-order valence-electron chi connectivity index (χ0n) is 11.1. The normalized spacial score (nSPS) is 10.5. The summed E-state index contributed by atoms with van der Waals surface area (Å²) in [6.07, 6.45) is 1.46. The summed E-state index contributed by atoms with van der Waals surface area (Å²) in [5.74, 6) is 1.03. The molecule has 0 fully saturated rings. The smallest absolute Gasteiger partial charge is 0.270 e. The van der Waals surface area contributed by atoms with Crippen LogP contribution in [-0.2, 0) is 0 Å². The van der Waals surface area contributed by atoms with Gasteiger partial charge in [0, 0.05) is 24.7 Å². The molecule has 0 radical (unpaired) electrons. The van der Waals surface area contributed by atoms with E-state index in [9.17, 15) is 10.1 Å². The maximum atomic E-state index is 10.8. The molecule has 2 aromatic rings. The molecular weight excluding hydrogens is 292 g/mol. The van der Waals surface area contributed by atoms with Gasteiger partial charge < -0.3 is 9.73 Å². The number of thiocarbonyl (C=S) groups is 1. The number of non-ortho nitro benzene ring substituents is 1. The zero-order valence-corrected chi connectivity index (χ0v) is 11.9. The lowest BCUT2D eigenvalue weighted by atomic mass is 10.1. The van der Waals surface area contributed by atoms with Gasteiger partial charge in [-0.1, -0.05) is 12.1 Å². The van der Waals surface area contributed by atoms with Crippen LogP contribution in [0.2, 0.25) is 0 Å². The van der Waals surface area contributed by atoms with Crippen LogP contribution in [0.5, 0.6) is 0 Å². The average molecular weight is 304 g/mol. The van der Waals surface area contributed by atoms with Crippen LogP contribution in [0.4, 0.5) is 5.69 Å². The Morgan fingerprint density at radius 2 is 2.24 bits per heavy atom. The molecule has 21 heavy (non-hydrogen) atoms. The Morgan fingerprint density at radius 3 is 2.95 bits per heavy atom. The largest absolute Gasteiger partial charge is 0.455 e. The van der Waals surface area contributed by atoms with Gasteiger partial charge >= 0.3 is 0 Å². The number of benzene rings is 1. The van der Waals surface area contributed by atoms with E-state index in [0.717, 1.165) is 0 Å². The fourth-order valence-corrected chi connectivity index (χ4v) is 1.61. The Bertz CT molecular complexity index is 696. The molecule has 2 N–H and O–H groups in total. The number of hydrazone groups is 1. The van der Waals surface area contributed by atoms with Gasteiger partial charge in [-0.15, -0.1) is 0 Å². The van der Waals surface area contributed by atoms with Crippen LogP contribution in [-0.4, -0.2) is 23.3 Å². The van der Waals surface area contributed by atoms with Gasteiger partial charge in [-0.05, 0) is 24.4 Å². The quantitative estimate of drug-likeness (QED) is 0.389. The van der Waals surface area contributed by atoms with Crippen LogP contribution in [0, 0.1) is 10.1 Å². The van der Waals surface area contributed by atoms with E-state index in [2.05, 4.69) is 15.8 Å². The number of rotatable bonds is 4. The minimum absolute atomic E-state index is 0.0140. The molecule has 0 bridgehead atoms. The average Bonchev–Trinajstić information content (AvgIpc) is 2.96. The van der Waals surface area contributed by atoms with Crippen molar-refractivity contribution in [1.29, 1.82) is 0 Å². The standard InChI is InChI=1S/C13H12N4O3S/c1-14-13(21)16-15-8-11-5-6-12(20-11)9-3-2-4-10(7-9)17(18)19/h2-8H,1H3,(H2,14,16,21)/b15-8-. The van der Waals surface area contributed by atoms with E-state index >= 15 is 0 Å². The predicted molar refractivity (Wildman–Crippen MR) is 83.2 cm³/mol. The number of nitro benzene ring substituents is 1. The summed E-state index contributed by atoms with van der Waals surface area (Å²) in [4.78, 5) is 10.3. The number of nitrogens with zero attached hydrogens (tertiary/aromatic N) is 2. The fourth-order valence-electron chi connectivity index (χ4n) is 1.56. The van der Waals surface area contributed by atoms with Crippen molar-refractivity contribution in [3.05, 3.63) is 52.3 Å². The maximum absolute atomic E-state index is 10.8. The number of furan rings is 1. The lowest BCUT2D eigenvalue weighted by Gasteiger charge is -1.98. The van der Waals surface area contributed by atoms with Gasteiger partial charge in [0.25, 0.3) is 5.69 Å². The van der Waals surface area contributed by atoms with Crippen molar-refractivity contribution in [1.82, 2.24) is 10.7 Å². The van der Waals surface area contributed by atoms with E-state index in [-0.39, 0.29) is 5.69 Å². The van der Waals surface area contributed by atoms with Crippen LogP contribution in [0.15, 0.2) is 45.9 Å². The van der Waals surface area contributed by atoms with Crippen LogP contribution >= 0.6 is 12.2 Å². The van der Waals surface area contributed by atoms with Crippen molar-refractivity contribution in [2.24, 2.45) is 5.10 Å². The van der Waals surface area contributed by atoms with E-state index in [0.29, 0.717) is 22.2 Å². The third kappa shape index (κ3) is 3.86. The van der Waals surface area contributed by atoms with Crippen molar-refractivity contribution in [2.45, 2.75) is 0 Å². The van der Waals surface area contributed by atoms with E-state index in [1.54, 1.807) is 31.3 Å². The van der Waals surface area contributed by atoms with Crippen molar-refractivity contribution in [3.63, 3.8) is 0 Å². The molecule has 0 aliphatic rings. The third-order valence-electron chi connectivity index (χ3n) is 2.55. The molecule has 8 heteroatoms. The molecule has 2 rings (SSSR count). The lowest BCUT2D eigenvalue weighted by molar-refractivity contribution is -0.384. The Kier molecular flexibility index (Phi) is 4.62. The summed E-state index contributed by atoms with van der Waals surface area (Å²) < 4.78 is 5.54. The highest BCUT2D eigenvalue weighted by molar-refractivity contribution is 7.80. The predicted octanol–water partition coefficient (Wildman–Crippen LogP) is 2.28. The highest BCUT2D eigenvalue weighted by Gasteiger charge is 2.09. The maximum Gasteiger partial charge on any atom is 0.270 e. The van der Waals surface area contributed by atoms with Crippen molar-refractivity contribution < 1.29 is 9.34 Å². The van der Waals surface area contributed by atoms with Crippen LogP contribution in [0.3, 0.4) is 0 Å². The van der Waals surface area contributed by atoms with Crippen molar-refractivity contribution in [3.8, 4) is 11.3 Å². The van der Waals surface area contributed by atoms with E-state index in [4.69, 9.17) is 16.6 Å². The first-order valence-electron chi connectivity index (χ1n) is 5.95. The molecule has 0 aliphatic carbocycles. The van der Waals surface area contributed by atoms with Gasteiger partial charge in [0.15, 0.2) is 5.11 Å². The number of nitrogens with one attached hydrogen (secondary N) is 2. The Balaban J connectivity index is 2.14. The van der Waals surface area contributed by atoms with E-state index in [1.807, 2.05) is 0 Å². The van der Waals surface area contributed by atoms with Crippen LogP contribution in [0.1, 0.15) is 5.76 Å². The second-order valence-corrected chi connectivity index (χ2v) is 4.37. The van der Waals surface area contributed by atoms with Gasteiger partial charge in [0.1, 0.15) is 11.5 Å². The minimum atomic E-state index is -0.447. The monoisotopic (exact) mass is 304 g/mol. The molecule has 1 heterocycles. The molecule has 1 aromatic heterocycles.